The van der Waals surface area contributed by atoms with Crippen LogP contribution in [-0.2, 0) is 4.79 Å². The van der Waals surface area contributed by atoms with Crippen LogP contribution in [0.15, 0.2) is 24.3 Å². The Morgan fingerprint density at radius 3 is 2.60 bits per heavy atom. The summed E-state index contributed by atoms with van der Waals surface area (Å²) in [6, 6.07) is 7.30. The van der Waals surface area contributed by atoms with Crippen LogP contribution in [0, 0.1) is 5.92 Å². The average Bonchev–Trinajstić information content (AvgIpc) is 2.44. The zero-order valence-electron chi connectivity index (χ0n) is 12.8. The zero-order valence-corrected chi connectivity index (χ0v) is 12.8. The summed E-state index contributed by atoms with van der Waals surface area (Å²) < 4.78 is 10.9. The number of hydrogen-bond donors (Lipinski definition) is 1. The second-order valence-electron chi connectivity index (χ2n) is 5.17. The lowest BCUT2D eigenvalue weighted by Crippen LogP contribution is -2.38. The minimum Gasteiger partial charge on any atom is -0.497 e. The Labute approximate surface area is 121 Å². The molecule has 0 fully saturated rings. The van der Waals surface area contributed by atoms with Gasteiger partial charge < -0.3 is 14.8 Å². The maximum absolute atomic E-state index is 12.0. The minimum atomic E-state index is -0.464. The quantitative estimate of drug-likeness (QED) is 0.795. The maximum Gasteiger partial charge on any atom is 0.261 e. The molecule has 0 heterocycles. The second kappa shape index (κ2) is 8.46. The molecule has 0 aliphatic rings. The van der Waals surface area contributed by atoms with Crippen LogP contribution in [0.25, 0.3) is 0 Å². The maximum atomic E-state index is 12.0. The molecular formula is C16H25NO3. The van der Waals surface area contributed by atoms with E-state index in [0.717, 1.165) is 12.2 Å². The number of benzene rings is 1. The van der Waals surface area contributed by atoms with Crippen molar-refractivity contribution in [1.82, 2.24) is 5.32 Å². The fourth-order valence-electron chi connectivity index (χ4n) is 1.76. The van der Waals surface area contributed by atoms with E-state index in [1.165, 1.54) is 0 Å². The SMILES string of the molecule is CCC(Oc1cccc(OC)c1)C(=O)NCCC(C)C. The van der Waals surface area contributed by atoms with Gasteiger partial charge in [0.25, 0.3) is 5.91 Å². The Morgan fingerprint density at radius 1 is 1.30 bits per heavy atom. The molecule has 1 amide bonds. The fraction of sp³-hybridized carbons (Fsp3) is 0.562. The molecule has 0 spiro atoms. The molecule has 1 atom stereocenters. The molecule has 1 unspecified atom stereocenters. The van der Waals surface area contributed by atoms with Gasteiger partial charge in [-0.2, -0.15) is 0 Å². The van der Waals surface area contributed by atoms with Crippen molar-refractivity contribution < 1.29 is 14.3 Å². The molecular weight excluding hydrogens is 254 g/mol. The molecule has 4 heteroatoms. The zero-order chi connectivity index (χ0) is 15.0. The largest absolute Gasteiger partial charge is 0.497 e. The summed E-state index contributed by atoms with van der Waals surface area (Å²) in [6.45, 7) is 6.90. The van der Waals surface area contributed by atoms with Crippen molar-refractivity contribution in [2.75, 3.05) is 13.7 Å². The molecule has 4 nitrogen and oxygen atoms in total. The average molecular weight is 279 g/mol. The molecule has 0 saturated carbocycles. The number of carbonyl (C=O) groups excluding carboxylic acids is 1. The van der Waals surface area contributed by atoms with Crippen LogP contribution in [0.3, 0.4) is 0 Å². The van der Waals surface area contributed by atoms with Crippen LogP contribution in [0.4, 0.5) is 0 Å². The van der Waals surface area contributed by atoms with Crippen molar-refractivity contribution in [3.8, 4) is 11.5 Å². The normalized spacial score (nSPS) is 12.1. The number of nitrogens with one attached hydrogen (secondary N) is 1. The summed E-state index contributed by atoms with van der Waals surface area (Å²) in [4.78, 5) is 12.0. The van der Waals surface area contributed by atoms with E-state index < -0.39 is 6.10 Å². The Balaban J connectivity index is 2.54. The van der Waals surface area contributed by atoms with Gasteiger partial charge in [0.1, 0.15) is 11.5 Å². The van der Waals surface area contributed by atoms with E-state index in [-0.39, 0.29) is 5.91 Å². The van der Waals surface area contributed by atoms with Gasteiger partial charge in [0.15, 0.2) is 6.10 Å². The first-order chi connectivity index (χ1) is 9.56. The van der Waals surface area contributed by atoms with Gasteiger partial charge in [-0.15, -0.1) is 0 Å². The summed E-state index contributed by atoms with van der Waals surface area (Å²) in [7, 11) is 1.61. The van der Waals surface area contributed by atoms with Crippen molar-refractivity contribution in [1.29, 1.82) is 0 Å². The molecule has 0 saturated heterocycles. The summed E-state index contributed by atoms with van der Waals surface area (Å²) in [5, 5.41) is 2.92. The molecule has 1 aromatic rings. The lowest BCUT2D eigenvalue weighted by atomic mass is 10.1. The van der Waals surface area contributed by atoms with Gasteiger partial charge in [0.05, 0.1) is 7.11 Å². The molecule has 1 aromatic carbocycles. The fourth-order valence-corrected chi connectivity index (χ4v) is 1.76. The van der Waals surface area contributed by atoms with Gasteiger partial charge >= 0.3 is 0 Å². The number of ether oxygens (including phenoxy) is 2. The van der Waals surface area contributed by atoms with Gasteiger partial charge in [-0.25, -0.2) is 0 Å². The van der Waals surface area contributed by atoms with Crippen LogP contribution in [-0.4, -0.2) is 25.7 Å². The summed E-state index contributed by atoms with van der Waals surface area (Å²) >= 11 is 0. The van der Waals surface area contributed by atoms with E-state index >= 15 is 0 Å². The molecule has 112 valence electrons. The Bertz CT molecular complexity index is 418. The highest BCUT2D eigenvalue weighted by Crippen LogP contribution is 2.20. The van der Waals surface area contributed by atoms with Crippen molar-refractivity contribution in [3.63, 3.8) is 0 Å². The van der Waals surface area contributed by atoms with E-state index in [9.17, 15) is 4.79 Å². The summed E-state index contributed by atoms with van der Waals surface area (Å²) in [5.41, 5.74) is 0. The predicted molar refractivity (Wildman–Crippen MR) is 80.2 cm³/mol. The molecule has 20 heavy (non-hydrogen) atoms. The number of carbonyl (C=O) groups is 1. The summed E-state index contributed by atoms with van der Waals surface area (Å²) in [6.07, 6.45) is 1.14. The van der Waals surface area contributed by atoms with Crippen molar-refractivity contribution in [2.45, 2.75) is 39.7 Å². The predicted octanol–water partition coefficient (Wildman–Crippen LogP) is 3.01. The van der Waals surface area contributed by atoms with Gasteiger partial charge in [0, 0.05) is 12.6 Å². The Kier molecular flexibility index (Phi) is 6.91. The van der Waals surface area contributed by atoms with E-state index in [1.54, 1.807) is 13.2 Å². The second-order valence-corrected chi connectivity index (χ2v) is 5.17. The van der Waals surface area contributed by atoms with Gasteiger partial charge in [-0.3, -0.25) is 4.79 Å². The topological polar surface area (TPSA) is 47.6 Å². The van der Waals surface area contributed by atoms with E-state index in [0.29, 0.717) is 24.6 Å². The third-order valence-electron chi connectivity index (χ3n) is 3.00. The monoisotopic (exact) mass is 279 g/mol. The minimum absolute atomic E-state index is 0.0593. The lowest BCUT2D eigenvalue weighted by molar-refractivity contribution is -0.128. The van der Waals surface area contributed by atoms with Gasteiger partial charge in [-0.1, -0.05) is 26.8 Å². The standard InChI is InChI=1S/C16H25NO3/c1-5-15(16(18)17-10-9-12(2)3)20-14-8-6-7-13(11-14)19-4/h6-8,11-12,15H,5,9-10H2,1-4H3,(H,17,18). The Morgan fingerprint density at radius 2 is 2.00 bits per heavy atom. The molecule has 0 bridgehead atoms. The van der Waals surface area contributed by atoms with Crippen LogP contribution in [0.5, 0.6) is 11.5 Å². The van der Waals surface area contributed by atoms with E-state index in [1.807, 2.05) is 25.1 Å². The molecule has 1 rings (SSSR count). The first-order valence-electron chi connectivity index (χ1n) is 7.15. The van der Waals surface area contributed by atoms with Crippen LogP contribution in [0.1, 0.15) is 33.6 Å². The highest BCUT2D eigenvalue weighted by Gasteiger charge is 2.18. The van der Waals surface area contributed by atoms with E-state index in [2.05, 4.69) is 19.2 Å². The molecule has 0 aromatic heterocycles. The number of amides is 1. The highest BCUT2D eigenvalue weighted by molar-refractivity contribution is 5.81. The van der Waals surface area contributed by atoms with Crippen LogP contribution in [0.2, 0.25) is 0 Å². The molecule has 1 N–H and O–H groups in total. The molecule has 0 radical (unpaired) electrons. The number of hydrogen-bond acceptors (Lipinski definition) is 3. The van der Waals surface area contributed by atoms with Gasteiger partial charge in [0.2, 0.25) is 0 Å². The third-order valence-corrected chi connectivity index (χ3v) is 3.00. The van der Waals surface area contributed by atoms with Crippen molar-refractivity contribution >= 4 is 5.91 Å². The van der Waals surface area contributed by atoms with Crippen molar-refractivity contribution in [2.24, 2.45) is 5.92 Å². The van der Waals surface area contributed by atoms with Crippen LogP contribution >= 0.6 is 0 Å². The first-order valence-corrected chi connectivity index (χ1v) is 7.15. The number of rotatable bonds is 8. The van der Waals surface area contributed by atoms with E-state index in [4.69, 9.17) is 9.47 Å². The third kappa shape index (κ3) is 5.51. The Hall–Kier alpha value is -1.71. The first kappa shape index (κ1) is 16.3. The summed E-state index contributed by atoms with van der Waals surface area (Å²) in [5.74, 6) is 1.89. The van der Waals surface area contributed by atoms with Crippen molar-refractivity contribution in [3.05, 3.63) is 24.3 Å². The smallest absolute Gasteiger partial charge is 0.261 e. The number of methoxy groups -OCH3 is 1. The van der Waals surface area contributed by atoms with Crippen LogP contribution < -0.4 is 14.8 Å². The van der Waals surface area contributed by atoms with Gasteiger partial charge in [-0.05, 0) is 30.9 Å². The highest BCUT2D eigenvalue weighted by atomic mass is 16.5. The molecule has 0 aliphatic carbocycles. The molecule has 0 aliphatic heterocycles. The lowest BCUT2D eigenvalue weighted by Gasteiger charge is -2.18.